The smallest absolute Gasteiger partial charge is 0.250 e. The Morgan fingerprint density at radius 2 is 1.76 bits per heavy atom. The van der Waals surface area contributed by atoms with Crippen molar-refractivity contribution in [1.82, 2.24) is 10.1 Å². The van der Waals surface area contributed by atoms with Crippen LogP contribution in [0.1, 0.15) is 11.5 Å². The molecule has 1 aromatic heterocycles. The summed E-state index contributed by atoms with van der Waals surface area (Å²) in [6.45, 7) is 0. The summed E-state index contributed by atoms with van der Waals surface area (Å²) in [4.78, 5) is 4.30. The van der Waals surface area contributed by atoms with Gasteiger partial charge in [0.05, 0.1) is 5.02 Å². The van der Waals surface area contributed by atoms with E-state index >= 15 is 0 Å². The number of halogens is 1. The molecule has 0 atom stereocenters. The molecular formula is C16H12ClN3O. The molecule has 0 aliphatic rings. The molecule has 0 aliphatic heterocycles. The summed E-state index contributed by atoms with van der Waals surface area (Å²) >= 11 is 6.10. The summed E-state index contributed by atoms with van der Waals surface area (Å²) in [7, 11) is 0. The number of hydrogen-bond donors (Lipinski definition) is 1. The van der Waals surface area contributed by atoms with Crippen molar-refractivity contribution in [3.63, 3.8) is 0 Å². The summed E-state index contributed by atoms with van der Waals surface area (Å²) in [6.07, 6.45) is 3.63. The van der Waals surface area contributed by atoms with Crippen molar-refractivity contribution in [1.29, 1.82) is 0 Å². The Bertz CT molecular complexity index is 778. The van der Waals surface area contributed by atoms with E-state index in [2.05, 4.69) is 10.1 Å². The van der Waals surface area contributed by atoms with E-state index in [0.717, 1.165) is 16.8 Å². The second-order valence-corrected chi connectivity index (χ2v) is 4.84. The van der Waals surface area contributed by atoms with Gasteiger partial charge in [0.15, 0.2) is 0 Å². The summed E-state index contributed by atoms with van der Waals surface area (Å²) in [5.74, 6) is 0.888. The molecule has 2 N–H and O–H groups in total. The Balaban J connectivity index is 1.82. The highest BCUT2D eigenvalue weighted by molar-refractivity contribution is 6.33. The van der Waals surface area contributed by atoms with Crippen molar-refractivity contribution < 1.29 is 4.52 Å². The van der Waals surface area contributed by atoms with Crippen LogP contribution < -0.4 is 5.73 Å². The van der Waals surface area contributed by atoms with Gasteiger partial charge >= 0.3 is 0 Å². The first-order chi connectivity index (χ1) is 10.2. The topological polar surface area (TPSA) is 64.9 Å². The number of anilines is 1. The highest BCUT2D eigenvalue weighted by Gasteiger charge is 2.09. The van der Waals surface area contributed by atoms with Gasteiger partial charge in [0, 0.05) is 17.3 Å². The number of nitrogens with zero attached hydrogens (tertiary/aromatic N) is 2. The average molecular weight is 298 g/mol. The summed E-state index contributed by atoms with van der Waals surface area (Å²) in [5, 5.41) is 4.52. The van der Waals surface area contributed by atoms with Crippen molar-refractivity contribution in [3.05, 3.63) is 65.0 Å². The fraction of sp³-hybridized carbons (Fsp3) is 0. The van der Waals surface area contributed by atoms with Gasteiger partial charge in [-0.05, 0) is 35.9 Å². The molecule has 0 saturated carbocycles. The standard InChI is InChI=1S/C16H12ClN3O/c17-14-4-2-1-3-13(14)16-19-15(21-20-16)10-7-11-5-8-12(18)9-6-11/h1-10H,18H2/b10-7+. The van der Waals surface area contributed by atoms with Gasteiger partial charge in [-0.2, -0.15) is 4.98 Å². The second kappa shape index (κ2) is 5.81. The van der Waals surface area contributed by atoms with E-state index in [-0.39, 0.29) is 0 Å². The molecule has 4 nitrogen and oxygen atoms in total. The van der Waals surface area contributed by atoms with E-state index < -0.39 is 0 Å². The number of nitrogen functional groups attached to an aromatic ring is 1. The highest BCUT2D eigenvalue weighted by Crippen LogP contribution is 2.25. The van der Waals surface area contributed by atoms with Gasteiger partial charge in [-0.15, -0.1) is 0 Å². The van der Waals surface area contributed by atoms with E-state index in [0.29, 0.717) is 16.7 Å². The van der Waals surface area contributed by atoms with Crippen LogP contribution in [-0.4, -0.2) is 10.1 Å². The number of nitrogens with two attached hydrogens (primary N) is 1. The maximum atomic E-state index is 6.10. The second-order valence-electron chi connectivity index (χ2n) is 4.44. The molecule has 0 spiro atoms. The third-order valence-electron chi connectivity index (χ3n) is 2.91. The fourth-order valence-electron chi connectivity index (χ4n) is 1.83. The first-order valence-corrected chi connectivity index (χ1v) is 6.72. The van der Waals surface area contributed by atoms with Gasteiger partial charge < -0.3 is 10.3 Å². The van der Waals surface area contributed by atoms with Crippen LogP contribution in [-0.2, 0) is 0 Å². The molecular weight excluding hydrogens is 286 g/mol. The Kier molecular flexibility index (Phi) is 3.71. The molecule has 3 rings (SSSR count). The van der Waals surface area contributed by atoms with Gasteiger partial charge in [-0.25, -0.2) is 0 Å². The lowest BCUT2D eigenvalue weighted by Gasteiger charge is -1.95. The minimum atomic E-state index is 0.418. The van der Waals surface area contributed by atoms with Crippen LogP contribution in [0.25, 0.3) is 23.5 Å². The first-order valence-electron chi connectivity index (χ1n) is 6.34. The summed E-state index contributed by atoms with van der Waals surface area (Å²) < 4.78 is 5.19. The Morgan fingerprint density at radius 1 is 1.00 bits per heavy atom. The van der Waals surface area contributed by atoms with Crippen LogP contribution in [0.4, 0.5) is 5.69 Å². The SMILES string of the molecule is Nc1ccc(/C=C/c2nc(-c3ccccc3Cl)no2)cc1. The molecule has 104 valence electrons. The Labute approximate surface area is 126 Å². The molecule has 2 aromatic carbocycles. The zero-order valence-corrected chi connectivity index (χ0v) is 11.8. The third-order valence-corrected chi connectivity index (χ3v) is 3.24. The Hall–Kier alpha value is -2.59. The molecule has 1 heterocycles. The van der Waals surface area contributed by atoms with Crippen molar-refractivity contribution >= 4 is 29.4 Å². The quantitative estimate of drug-likeness (QED) is 0.738. The minimum Gasteiger partial charge on any atom is -0.399 e. The van der Waals surface area contributed by atoms with Gasteiger partial charge in [-0.3, -0.25) is 0 Å². The van der Waals surface area contributed by atoms with Gasteiger partial charge in [-0.1, -0.05) is 41.0 Å². The molecule has 21 heavy (non-hydrogen) atoms. The van der Waals surface area contributed by atoms with E-state index in [1.807, 2.05) is 48.5 Å². The molecule has 0 amide bonds. The zero-order chi connectivity index (χ0) is 14.7. The lowest BCUT2D eigenvalue weighted by Crippen LogP contribution is -1.83. The van der Waals surface area contributed by atoms with Crippen LogP contribution in [0, 0.1) is 0 Å². The van der Waals surface area contributed by atoms with E-state index in [4.69, 9.17) is 21.9 Å². The number of aromatic nitrogens is 2. The maximum absolute atomic E-state index is 6.10. The molecule has 0 unspecified atom stereocenters. The Morgan fingerprint density at radius 3 is 2.52 bits per heavy atom. The largest absolute Gasteiger partial charge is 0.399 e. The van der Waals surface area contributed by atoms with Gasteiger partial charge in [0.1, 0.15) is 0 Å². The van der Waals surface area contributed by atoms with E-state index in [1.54, 1.807) is 12.1 Å². The zero-order valence-electron chi connectivity index (χ0n) is 11.0. The van der Waals surface area contributed by atoms with Crippen LogP contribution >= 0.6 is 11.6 Å². The molecule has 0 radical (unpaired) electrons. The predicted molar refractivity (Wildman–Crippen MR) is 84.5 cm³/mol. The van der Waals surface area contributed by atoms with Gasteiger partial charge in [0.2, 0.25) is 5.82 Å². The van der Waals surface area contributed by atoms with Crippen molar-refractivity contribution in [3.8, 4) is 11.4 Å². The molecule has 0 fully saturated rings. The molecule has 3 aromatic rings. The van der Waals surface area contributed by atoms with Crippen LogP contribution in [0.5, 0.6) is 0 Å². The van der Waals surface area contributed by atoms with Crippen LogP contribution in [0.2, 0.25) is 5.02 Å². The summed E-state index contributed by atoms with van der Waals surface area (Å²) in [6, 6.07) is 14.9. The lowest BCUT2D eigenvalue weighted by molar-refractivity contribution is 0.411. The molecule has 5 heteroatoms. The number of rotatable bonds is 3. The molecule has 0 bridgehead atoms. The predicted octanol–water partition coefficient (Wildman–Crippen LogP) is 4.14. The van der Waals surface area contributed by atoms with Crippen molar-refractivity contribution in [2.45, 2.75) is 0 Å². The number of hydrogen-bond acceptors (Lipinski definition) is 4. The van der Waals surface area contributed by atoms with E-state index in [9.17, 15) is 0 Å². The van der Waals surface area contributed by atoms with E-state index in [1.165, 1.54) is 0 Å². The molecule has 0 saturated heterocycles. The number of benzene rings is 2. The average Bonchev–Trinajstić information content (AvgIpc) is 2.96. The highest BCUT2D eigenvalue weighted by atomic mass is 35.5. The summed E-state index contributed by atoms with van der Waals surface area (Å²) in [5.41, 5.74) is 8.11. The molecule has 0 aliphatic carbocycles. The van der Waals surface area contributed by atoms with Crippen molar-refractivity contribution in [2.24, 2.45) is 0 Å². The van der Waals surface area contributed by atoms with Crippen LogP contribution in [0.3, 0.4) is 0 Å². The maximum Gasteiger partial charge on any atom is 0.250 e. The first kappa shape index (κ1) is 13.4. The fourth-order valence-corrected chi connectivity index (χ4v) is 2.05. The van der Waals surface area contributed by atoms with Gasteiger partial charge in [0.25, 0.3) is 5.89 Å². The lowest BCUT2D eigenvalue weighted by atomic mass is 10.2. The normalized spacial score (nSPS) is 11.1. The minimum absolute atomic E-state index is 0.418. The third kappa shape index (κ3) is 3.12. The monoisotopic (exact) mass is 297 g/mol. The van der Waals surface area contributed by atoms with Crippen molar-refractivity contribution in [2.75, 3.05) is 5.73 Å². The van der Waals surface area contributed by atoms with Crippen LogP contribution in [0.15, 0.2) is 53.1 Å².